The number of hydrogen-bond donors (Lipinski definition) is 14. The minimum atomic E-state index is -3.87. The number of Topliss-reactive ketones (excluding diaryl/α,β-unsaturated/α-hetero) is 1. The zero-order valence-corrected chi connectivity index (χ0v) is 80.5. The molecule has 42 heteroatoms. The molecule has 3 unspecified atom stereocenters. The molecule has 7 amide bonds. The third kappa shape index (κ3) is 42.4. The Kier molecular flexibility index (Phi) is 54.6. The number of aliphatic hydroxyl groups is 1. The number of unbranched alkanes of at least 4 members (excludes halogenated alkanes) is 10. The standard InChI is InChI=1S/C47H61N9O10S.C23H31NO4.C11H14O3.C8H12N2O2S.C7H14N4O4.CH4.ClH/c48-47(54-56(63)64)50-28-17-27-39(43(59)53-40(32-33-18-7-5-8-19-33)41(57)44(60)49-29-30-51-67(65,66)35-22-9-6-10-23-35)52-42(58)36(34-20-12-13-21-34)24-11-3-1-2-4-16-31-55-45(61)37-25-14-15-26-38(37)46(55)62;25-21-19-14-8-9-15-20(19)22(26)24(21)16-10-4-2-1-3-5-13-18(23(27)28)17-11-6-7-12-17;1-8(10(12)11(13)14)7-9-5-3-2-4-6-9;9-6-7-10-13(11,12)8-4-2-1-3-5-8;1-5(6(12)13)3-2-4-9-7(8)10-11(14)15;;/h5-10,14-15,18-19,22-23,25-26,34,36,39-40,51H,1-4,11-13,16-17,20-21,24,27-32H2,(H,49,60)(H,52,58)(H,53,59)(H3,48,50,54);8-9,14-15,17-18H,1-7,10-13,16H2,(H,27,28);2-6,8,10,12H,7H2,1H3,(H,13,14);1-5,10H,6-7,9H2;5H,2-4H2,1H3,(H,12,13)(H3,8,9,10);1H4;1H/t36?,39-,40-;;8-,10?;;5-;;/m0.0.1../s1. The van der Waals surface area contributed by atoms with E-state index in [9.17, 15) is 100 Å². The molecule has 39 nitrogen and oxygen atoms in total. The Morgan fingerprint density at radius 2 is 0.813 bits per heavy atom. The number of amides is 7. The number of nitro groups is 2. The maximum absolute atomic E-state index is 14.2. The fourth-order valence-corrected chi connectivity index (χ4v) is 18.4. The summed E-state index contributed by atoms with van der Waals surface area (Å²) < 4.78 is 52.9. The van der Waals surface area contributed by atoms with E-state index in [1.165, 1.54) is 34.8 Å². The van der Waals surface area contributed by atoms with Crippen LogP contribution in [0, 0.1) is 55.7 Å². The number of carbonyl (C=O) groups is 11. The molecule has 10 rings (SSSR count). The average Bonchev–Trinajstić information content (AvgIpc) is 1.64. The second-order valence-corrected chi connectivity index (χ2v) is 37.5. The monoisotopic (exact) mass is 1990 g/mol. The van der Waals surface area contributed by atoms with Crippen LogP contribution in [-0.2, 0) is 66.4 Å². The van der Waals surface area contributed by atoms with Crippen LogP contribution in [0.15, 0.2) is 190 Å². The SMILES string of the molecule is C.C[C@@H](Cc1ccccc1)C(O)C(=O)O.C[C@H](CCCN=C(N)N[N+](=O)[O-])C(=O)O.Cl.NC(=NCCC[C@H](NC(=O)C(CCCCCCCCN1C(=O)c2ccccc2C1=O)C1CCCC1)C(=O)N[C@@H](Cc1ccccc1)C(=O)C(=O)NCCNS(=O)(=O)c1ccccc1)N[N+](=O)[O-].NCCNS(=O)(=O)c1ccccc1.O=C(O)C(CCCCCCCCN1C(=O)c2ccccc2C1=O)C1CCCC1. The maximum atomic E-state index is 14.2. The van der Waals surface area contributed by atoms with Crippen LogP contribution in [0.2, 0.25) is 0 Å². The van der Waals surface area contributed by atoms with Crippen molar-refractivity contribution >= 4 is 109 Å². The Morgan fingerprint density at radius 3 is 1.21 bits per heavy atom. The molecule has 2 fully saturated rings. The van der Waals surface area contributed by atoms with Gasteiger partial charge in [-0.05, 0) is 161 Å². The normalized spacial score (nSPS) is 15.0. The van der Waals surface area contributed by atoms with E-state index in [4.69, 9.17) is 27.4 Å². The van der Waals surface area contributed by atoms with Crippen molar-refractivity contribution in [2.45, 2.75) is 229 Å². The highest BCUT2D eigenvalue weighted by molar-refractivity contribution is 7.89. The number of halogens is 1. The molecule has 4 aliphatic rings. The van der Waals surface area contributed by atoms with Gasteiger partial charge in [0.05, 0.1) is 43.9 Å². The minimum absolute atomic E-state index is 0. The van der Waals surface area contributed by atoms with E-state index >= 15 is 0 Å². The number of rotatable bonds is 53. The molecule has 762 valence electrons. The fourth-order valence-electron chi connectivity index (χ4n) is 16.3. The van der Waals surface area contributed by atoms with E-state index in [0.29, 0.717) is 85.5 Å². The highest BCUT2D eigenvalue weighted by Gasteiger charge is 2.39. The molecule has 2 saturated carbocycles. The molecule has 0 aromatic heterocycles. The lowest BCUT2D eigenvalue weighted by atomic mass is 9.85. The summed E-state index contributed by atoms with van der Waals surface area (Å²) in [6.45, 7) is 4.51. The lowest BCUT2D eigenvalue weighted by Gasteiger charge is -2.27. The number of nitrogens with zero attached hydrogens (tertiary/aromatic N) is 6. The van der Waals surface area contributed by atoms with Crippen LogP contribution in [0.1, 0.15) is 241 Å². The van der Waals surface area contributed by atoms with E-state index in [1.807, 2.05) is 30.3 Å². The molecule has 6 aromatic rings. The highest BCUT2D eigenvalue weighted by atomic mass is 35.5. The molecular formula is C97H137ClN16O23S2. The number of hydrazine groups is 2. The smallest absolute Gasteiger partial charge is 0.332 e. The molecule has 0 radical (unpaired) electrons. The van der Waals surface area contributed by atoms with Crippen molar-refractivity contribution in [3.05, 3.63) is 223 Å². The predicted octanol–water partition coefficient (Wildman–Crippen LogP) is 10.4. The number of benzene rings is 6. The molecule has 2 aliphatic heterocycles. The first kappa shape index (κ1) is 119. The van der Waals surface area contributed by atoms with Crippen molar-refractivity contribution < 1.29 is 100 Å². The van der Waals surface area contributed by atoms with Gasteiger partial charge in [0.15, 0.2) is 16.2 Å². The summed E-state index contributed by atoms with van der Waals surface area (Å²) in [6, 6.07) is 45.4. The largest absolute Gasteiger partial charge is 0.481 e. The summed E-state index contributed by atoms with van der Waals surface area (Å²) in [6.07, 6.45) is 20.9. The van der Waals surface area contributed by atoms with Gasteiger partial charge in [-0.25, -0.2) is 61.3 Å². The van der Waals surface area contributed by atoms with Crippen molar-refractivity contribution in [1.82, 2.24) is 46.0 Å². The van der Waals surface area contributed by atoms with Crippen molar-refractivity contribution in [2.75, 3.05) is 52.4 Å². The number of nitrogens with one attached hydrogen (secondary N) is 7. The highest BCUT2D eigenvalue weighted by Crippen LogP contribution is 2.37. The number of fused-ring (bicyclic) bond motifs is 2. The van der Waals surface area contributed by atoms with Gasteiger partial charge in [0.2, 0.25) is 37.6 Å². The van der Waals surface area contributed by atoms with E-state index in [1.54, 1.807) is 152 Å². The summed E-state index contributed by atoms with van der Waals surface area (Å²) >= 11 is 0. The summed E-state index contributed by atoms with van der Waals surface area (Å²) in [5.74, 6) is -8.05. The number of carboxylic acid groups (broad SMARTS) is 3. The van der Waals surface area contributed by atoms with Crippen LogP contribution in [-0.4, -0.2) is 205 Å². The Balaban J connectivity index is 0.000000450. The Morgan fingerprint density at radius 1 is 0.453 bits per heavy atom. The van der Waals surface area contributed by atoms with Crippen LogP contribution in [0.4, 0.5) is 0 Å². The first-order valence-corrected chi connectivity index (χ1v) is 49.5. The minimum Gasteiger partial charge on any atom is -0.481 e. The third-order valence-corrected chi connectivity index (χ3v) is 26.7. The van der Waals surface area contributed by atoms with E-state index in [-0.39, 0.29) is 135 Å². The summed E-state index contributed by atoms with van der Waals surface area (Å²) in [5.41, 5.74) is 22.9. The number of aliphatic carboxylic acids is 3. The zero-order valence-electron chi connectivity index (χ0n) is 78.0. The third-order valence-electron chi connectivity index (χ3n) is 23.7. The van der Waals surface area contributed by atoms with Gasteiger partial charge in [0.25, 0.3) is 41.5 Å². The molecule has 2 aliphatic carbocycles. The van der Waals surface area contributed by atoms with Gasteiger partial charge in [-0.3, -0.25) is 57.7 Å². The quantitative estimate of drug-likeness (QED) is 0.00321. The lowest BCUT2D eigenvalue weighted by Crippen LogP contribution is -2.55. The number of guanidine groups is 2. The molecule has 17 N–H and O–H groups in total. The van der Waals surface area contributed by atoms with Crippen molar-refractivity contribution in [2.24, 2.45) is 62.7 Å². The van der Waals surface area contributed by atoms with Gasteiger partial charge in [0, 0.05) is 64.7 Å². The summed E-state index contributed by atoms with van der Waals surface area (Å²) in [4.78, 5) is 169. The van der Waals surface area contributed by atoms with Gasteiger partial charge in [-0.1, -0.05) is 243 Å². The van der Waals surface area contributed by atoms with Crippen LogP contribution >= 0.6 is 12.4 Å². The van der Waals surface area contributed by atoms with Crippen LogP contribution < -0.4 is 53.4 Å². The molecule has 0 spiro atoms. The molecule has 2 heterocycles. The predicted molar refractivity (Wildman–Crippen MR) is 527 cm³/mol. The number of carbonyl (C=O) groups excluding carboxylic acids is 8. The van der Waals surface area contributed by atoms with E-state index in [0.717, 1.165) is 121 Å². The number of aliphatic hydroxyl groups excluding tert-OH is 1. The zero-order chi connectivity index (χ0) is 100. The van der Waals surface area contributed by atoms with Crippen molar-refractivity contribution in [1.29, 1.82) is 0 Å². The second kappa shape index (κ2) is 63.9. The summed E-state index contributed by atoms with van der Waals surface area (Å²) in [5, 5.41) is 63.0. The van der Waals surface area contributed by atoms with Crippen molar-refractivity contribution in [3.8, 4) is 0 Å². The van der Waals surface area contributed by atoms with Gasteiger partial charge in [-0.2, -0.15) is 0 Å². The van der Waals surface area contributed by atoms with Crippen LogP contribution in [0.5, 0.6) is 0 Å². The molecule has 0 bridgehead atoms. The number of aliphatic imine (C=N–C) groups is 2. The maximum Gasteiger partial charge on any atom is 0.332 e. The Labute approximate surface area is 818 Å². The number of hydrogen-bond acceptors (Lipinski definition) is 23. The fraction of sp³-hybridized carbons (Fsp3) is 0.495. The molecular weight excluding hydrogens is 1860 g/mol. The number of carboxylic acids is 3. The van der Waals surface area contributed by atoms with E-state index < -0.39 is 102 Å². The van der Waals surface area contributed by atoms with Crippen LogP contribution in [0.3, 0.4) is 0 Å². The molecule has 139 heavy (non-hydrogen) atoms. The molecule has 0 saturated heterocycles. The van der Waals surface area contributed by atoms with Gasteiger partial charge in [-0.15, -0.1) is 12.4 Å². The molecule has 6 aromatic carbocycles. The number of ketones is 1. The topological polar surface area (TPSA) is 617 Å². The first-order valence-electron chi connectivity index (χ1n) is 46.5. The van der Waals surface area contributed by atoms with Gasteiger partial charge in [0.1, 0.15) is 12.1 Å². The Bertz CT molecular complexity index is 5130. The Hall–Kier alpha value is -12.5. The lowest BCUT2D eigenvalue weighted by molar-refractivity contribution is -0.525. The van der Waals surface area contributed by atoms with Crippen LogP contribution in [0.25, 0.3) is 0 Å². The average molecular weight is 1990 g/mol. The molecule has 7 atom stereocenters. The van der Waals surface area contributed by atoms with E-state index in [2.05, 4.69) is 35.4 Å². The number of imide groups is 2. The second-order valence-electron chi connectivity index (χ2n) is 34.0. The van der Waals surface area contributed by atoms with Gasteiger partial charge < -0.3 is 53.6 Å². The van der Waals surface area contributed by atoms with Crippen molar-refractivity contribution in [3.63, 3.8) is 0 Å². The number of nitrogens with two attached hydrogens (primary N) is 3. The van der Waals surface area contributed by atoms with Gasteiger partial charge >= 0.3 is 17.9 Å². The summed E-state index contributed by atoms with van der Waals surface area (Å²) in [7, 11) is -7.22. The first-order chi connectivity index (χ1) is 65.5. The number of sulfonamides is 2.